The van der Waals surface area contributed by atoms with Crippen LogP contribution >= 0.6 is 0 Å². The van der Waals surface area contributed by atoms with Crippen LogP contribution in [-0.4, -0.2) is 48.2 Å². The molecule has 2 aliphatic rings. The summed E-state index contributed by atoms with van der Waals surface area (Å²) in [5.41, 5.74) is 0. The SMILES string of the molecule is O=C(Nc1ccc(NC2CCS(=O)(=O)C2)nn1)NC1CC1. The summed E-state index contributed by atoms with van der Waals surface area (Å²) >= 11 is 0. The van der Waals surface area contributed by atoms with Gasteiger partial charge in [0.15, 0.2) is 15.7 Å². The zero-order valence-electron chi connectivity index (χ0n) is 11.4. The van der Waals surface area contributed by atoms with Crippen molar-refractivity contribution in [1.82, 2.24) is 15.5 Å². The van der Waals surface area contributed by atoms with Crippen LogP contribution in [-0.2, 0) is 9.84 Å². The Labute approximate surface area is 122 Å². The fourth-order valence-corrected chi connectivity index (χ4v) is 3.83. The van der Waals surface area contributed by atoms with Crippen LogP contribution < -0.4 is 16.0 Å². The minimum absolute atomic E-state index is 0.123. The lowest BCUT2D eigenvalue weighted by Crippen LogP contribution is -2.30. The molecule has 1 aromatic heterocycles. The Balaban J connectivity index is 1.52. The molecular weight excluding hydrogens is 294 g/mol. The van der Waals surface area contributed by atoms with Crippen molar-refractivity contribution in [2.75, 3.05) is 22.1 Å². The van der Waals surface area contributed by atoms with Crippen LogP contribution in [0.1, 0.15) is 19.3 Å². The van der Waals surface area contributed by atoms with E-state index in [1.54, 1.807) is 12.1 Å². The number of sulfone groups is 1. The highest BCUT2D eigenvalue weighted by atomic mass is 32.2. The molecule has 1 saturated heterocycles. The summed E-state index contributed by atoms with van der Waals surface area (Å²) in [6, 6.07) is 3.18. The van der Waals surface area contributed by atoms with Gasteiger partial charge in [-0.3, -0.25) is 5.32 Å². The Kier molecular flexibility index (Phi) is 3.66. The summed E-state index contributed by atoms with van der Waals surface area (Å²) in [5, 5.41) is 16.3. The predicted molar refractivity (Wildman–Crippen MR) is 77.9 cm³/mol. The van der Waals surface area contributed by atoms with Crippen molar-refractivity contribution < 1.29 is 13.2 Å². The van der Waals surface area contributed by atoms with Crippen molar-refractivity contribution in [1.29, 1.82) is 0 Å². The molecule has 1 aromatic rings. The Morgan fingerprint density at radius 2 is 1.81 bits per heavy atom. The standard InChI is InChI=1S/C12H17N5O3S/c18-12(14-8-1-2-8)15-11-4-3-10(16-17-11)13-9-5-6-21(19,20)7-9/h3-4,8-9H,1-2,5-7H2,(H,13,16)(H2,14,15,17,18). The van der Waals surface area contributed by atoms with Gasteiger partial charge < -0.3 is 10.6 Å². The maximum atomic E-state index is 11.5. The van der Waals surface area contributed by atoms with Crippen LogP contribution in [0.25, 0.3) is 0 Å². The number of carbonyl (C=O) groups is 1. The van der Waals surface area contributed by atoms with Crippen LogP contribution in [0.5, 0.6) is 0 Å². The zero-order valence-corrected chi connectivity index (χ0v) is 12.2. The van der Waals surface area contributed by atoms with Crippen molar-refractivity contribution in [3.63, 3.8) is 0 Å². The lowest BCUT2D eigenvalue weighted by Gasteiger charge is -2.11. The molecule has 2 heterocycles. The number of nitrogens with zero attached hydrogens (tertiary/aromatic N) is 2. The molecule has 3 rings (SSSR count). The van der Waals surface area contributed by atoms with E-state index in [0.29, 0.717) is 18.1 Å². The van der Waals surface area contributed by atoms with E-state index < -0.39 is 9.84 Å². The number of hydrogen-bond acceptors (Lipinski definition) is 6. The van der Waals surface area contributed by atoms with Gasteiger partial charge in [0.25, 0.3) is 0 Å². The zero-order chi connectivity index (χ0) is 14.9. The molecule has 114 valence electrons. The average Bonchev–Trinajstić information content (AvgIpc) is 3.15. The van der Waals surface area contributed by atoms with Gasteiger partial charge in [-0.15, -0.1) is 10.2 Å². The molecule has 1 unspecified atom stereocenters. The number of aromatic nitrogens is 2. The van der Waals surface area contributed by atoms with E-state index in [2.05, 4.69) is 26.1 Å². The quantitative estimate of drug-likeness (QED) is 0.740. The molecule has 1 aliphatic carbocycles. The second-order valence-corrected chi connectivity index (χ2v) is 7.65. The fraction of sp³-hybridized carbons (Fsp3) is 0.583. The molecule has 9 heteroatoms. The Morgan fingerprint density at radius 3 is 2.38 bits per heavy atom. The number of nitrogens with one attached hydrogen (secondary N) is 3. The first-order valence-corrected chi connectivity index (χ1v) is 8.70. The molecule has 1 atom stereocenters. The first-order chi connectivity index (χ1) is 10.00. The molecule has 2 fully saturated rings. The minimum Gasteiger partial charge on any atom is -0.365 e. The highest BCUT2D eigenvalue weighted by Crippen LogP contribution is 2.19. The average molecular weight is 311 g/mol. The van der Waals surface area contributed by atoms with Gasteiger partial charge in [0.05, 0.1) is 11.5 Å². The monoisotopic (exact) mass is 311 g/mol. The van der Waals surface area contributed by atoms with Crippen molar-refractivity contribution in [2.45, 2.75) is 31.3 Å². The molecule has 0 spiro atoms. The van der Waals surface area contributed by atoms with E-state index in [0.717, 1.165) is 12.8 Å². The largest absolute Gasteiger partial charge is 0.365 e. The maximum absolute atomic E-state index is 11.5. The Hall–Kier alpha value is -1.90. The van der Waals surface area contributed by atoms with Gasteiger partial charge in [0.2, 0.25) is 0 Å². The summed E-state index contributed by atoms with van der Waals surface area (Å²) in [5.74, 6) is 1.19. The van der Waals surface area contributed by atoms with Gasteiger partial charge in [0.1, 0.15) is 5.82 Å². The summed E-state index contributed by atoms with van der Waals surface area (Å²) < 4.78 is 22.7. The molecule has 0 radical (unpaired) electrons. The summed E-state index contributed by atoms with van der Waals surface area (Å²) in [7, 11) is -2.92. The number of carbonyl (C=O) groups excluding carboxylic acids is 1. The van der Waals surface area contributed by atoms with Crippen molar-refractivity contribution >= 4 is 27.5 Å². The Bertz CT molecular complexity index is 627. The minimum atomic E-state index is -2.92. The molecule has 0 bridgehead atoms. The van der Waals surface area contributed by atoms with Crippen LogP contribution in [0, 0.1) is 0 Å². The number of urea groups is 1. The third kappa shape index (κ3) is 4.03. The van der Waals surface area contributed by atoms with E-state index in [1.807, 2.05) is 0 Å². The Morgan fingerprint density at radius 1 is 1.10 bits per heavy atom. The van der Waals surface area contributed by atoms with Crippen LogP contribution in [0.2, 0.25) is 0 Å². The summed E-state index contributed by atoms with van der Waals surface area (Å²) in [6.07, 6.45) is 2.62. The topological polar surface area (TPSA) is 113 Å². The normalized spacial score (nSPS) is 23.5. The first kappa shape index (κ1) is 14.1. The van der Waals surface area contributed by atoms with Gasteiger partial charge in [0, 0.05) is 12.1 Å². The highest BCUT2D eigenvalue weighted by molar-refractivity contribution is 7.91. The molecule has 0 aromatic carbocycles. The summed E-state index contributed by atoms with van der Waals surface area (Å²) in [4.78, 5) is 11.5. The third-order valence-corrected chi connectivity index (χ3v) is 5.17. The molecule has 2 amide bonds. The van der Waals surface area contributed by atoms with Gasteiger partial charge in [-0.05, 0) is 31.4 Å². The van der Waals surface area contributed by atoms with Crippen molar-refractivity contribution in [3.8, 4) is 0 Å². The maximum Gasteiger partial charge on any atom is 0.320 e. The van der Waals surface area contributed by atoms with E-state index in [-0.39, 0.29) is 29.6 Å². The van der Waals surface area contributed by atoms with E-state index in [1.165, 1.54) is 0 Å². The van der Waals surface area contributed by atoms with Gasteiger partial charge in [-0.25, -0.2) is 13.2 Å². The number of amides is 2. The second-order valence-electron chi connectivity index (χ2n) is 5.42. The molecular formula is C12H17N5O3S. The summed E-state index contributed by atoms with van der Waals surface area (Å²) in [6.45, 7) is 0. The van der Waals surface area contributed by atoms with Crippen molar-refractivity contribution in [2.24, 2.45) is 0 Å². The van der Waals surface area contributed by atoms with E-state index in [9.17, 15) is 13.2 Å². The van der Waals surface area contributed by atoms with Gasteiger partial charge in [-0.1, -0.05) is 0 Å². The molecule has 3 N–H and O–H groups in total. The molecule has 1 saturated carbocycles. The van der Waals surface area contributed by atoms with Gasteiger partial charge in [-0.2, -0.15) is 0 Å². The number of hydrogen-bond donors (Lipinski definition) is 3. The molecule has 8 nitrogen and oxygen atoms in total. The highest BCUT2D eigenvalue weighted by Gasteiger charge is 2.28. The lowest BCUT2D eigenvalue weighted by molar-refractivity contribution is 0.251. The molecule has 21 heavy (non-hydrogen) atoms. The van der Waals surface area contributed by atoms with Crippen LogP contribution in [0.3, 0.4) is 0 Å². The van der Waals surface area contributed by atoms with Crippen molar-refractivity contribution in [3.05, 3.63) is 12.1 Å². The van der Waals surface area contributed by atoms with Crippen LogP contribution in [0.15, 0.2) is 12.1 Å². The van der Waals surface area contributed by atoms with E-state index in [4.69, 9.17) is 0 Å². The smallest absolute Gasteiger partial charge is 0.320 e. The first-order valence-electron chi connectivity index (χ1n) is 6.88. The molecule has 1 aliphatic heterocycles. The third-order valence-electron chi connectivity index (χ3n) is 3.40. The number of anilines is 2. The fourth-order valence-electron chi connectivity index (χ4n) is 2.16. The van der Waals surface area contributed by atoms with Gasteiger partial charge >= 0.3 is 6.03 Å². The predicted octanol–water partition coefficient (Wildman–Crippen LogP) is 0.359. The lowest BCUT2D eigenvalue weighted by atomic mass is 10.2. The number of rotatable bonds is 4. The second kappa shape index (κ2) is 5.47. The van der Waals surface area contributed by atoms with E-state index >= 15 is 0 Å². The van der Waals surface area contributed by atoms with Crippen LogP contribution in [0.4, 0.5) is 16.4 Å².